The molecule has 9 heteroatoms. The van der Waals surface area contributed by atoms with Gasteiger partial charge in [0.25, 0.3) is 0 Å². The van der Waals surface area contributed by atoms with Crippen LogP contribution in [0.4, 0.5) is 0 Å². The highest BCUT2D eigenvalue weighted by Gasteiger charge is 2.06. The van der Waals surface area contributed by atoms with Gasteiger partial charge in [-0.05, 0) is 70.6 Å². The summed E-state index contributed by atoms with van der Waals surface area (Å²) >= 11 is 9.31. The summed E-state index contributed by atoms with van der Waals surface area (Å²) in [7, 11) is 1.30. The second-order valence-corrected chi connectivity index (χ2v) is 7.74. The Hall–Kier alpha value is -1.78. The number of hydrogen-bond acceptors (Lipinski definition) is 6. The Labute approximate surface area is 179 Å². The first-order valence-electron chi connectivity index (χ1n) is 7.67. The molecule has 0 atom stereocenters. The molecule has 2 aromatic rings. The van der Waals surface area contributed by atoms with Crippen molar-refractivity contribution < 1.29 is 19.1 Å². The molecule has 0 heterocycles. The van der Waals surface area contributed by atoms with Crippen molar-refractivity contribution in [3.63, 3.8) is 0 Å². The van der Waals surface area contributed by atoms with Crippen LogP contribution in [0.3, 0.4) is 0 Å². The van der Waals surface area contributed by atoms with Crippen molar-refractivity contribution in [2.75, 3.05) is 19.5 Å². The quantitative estimate of drug-likeness (QED) is 0.189. The molecular formula is C18H16ClIN2O4S. The van der Waals surface area contributed by atoms with Crippen LogP contribution in [0.25, 0.3) is 0 Å². The smallest absolute Gasteiger partial charge is 0.343 e. The summed E-state index contributed by atoms with van der Waals surface area (Å²) in [5.41, 5.74) is 3.27. The molecule has 0 aliphatic rings. The Morgan fingerprint density at radius 1 is 1.26 bits per heavy atom. The fourth-order valence-corrected chi connectivity index (χ4v) is 3.31. The predicted molar refractivity (Wildman–Crippen MR) is 115 cm³/mol. The number of esters is 1. The van der Waals surface area contributed by atoms with Gasteiger partial charge < -0.3 is 9.47 Å². The maximum absolute atomic E-state index is 11.8. The standard InChI is InChI=1S/C18H16ClIN2O4S/c1-25-18(24)10-26-16-7-2-12(8-15(16)20)9-21-22-17(23)11-27-14-5-3-13(19)4-6-14/h2-9H,10-11H2,1H3,(H,22,23)/b21-9-. The predicted octanol–water partition coefficient (Wildman–Crippen LogP) is 3.74. The van der Waals surface area contributed by atoms with Crippen molar-refractivity contribution >= 4 is 64.0 Å². The molecule has 0 radical (unpaired) electrons. The van der Waals surface area contributed by atoms with Gasteiger partial charge in [-0.25, -0.2) is 10.2 Å². The van der Waals surface area contributed by atoms with Gasteiger partial charge in [-0.15, -0.1) is 11.8 Å². The molecule has 0 unspecified atom stereocenters. The molecule has 2 aromatic carbocycles. The maximum Gasteiger partial charge on any atom is 0.343 e. The number of methoxy groups -OCH3 is 1. The normalized spacial score (nSPS) is 10.6. The van der Waals surface area contributed by atoms with E-state index in [0.29, 0.717) is 10.8 Å². The van der Waals surface area contributed by atoms with Crippen molar-refractivity contribution in [2.24, 2.45) is 5.10 Å². The van der Waals surface area contributed by atoms with E-state index in [1.807, 2.05) is 18.2 Å². The lowest BCUT2D eigenvalue weighted by atomic mass is 10.2. The van der Waals surface area contributed by atoms with Crippen LogP contribution in [0.1, 0.15) is 5.56 Å². The Morgan fingerprint density at radius 2 is 2.00 bits per heavy atom. The van der Waals surface area contributed by atoms with Crippen LogP contribution < -0.4 is 10.2 Å². The monoisotopic (exact) mass is 518 g/mol. The molecule has 0 spiro atoms. The van der Waals surface area contributed by atoms with Crippen LogP contribution in [0, 0.1) is 3.57 Å². The number of benzene rings is 2. The first-order chi connectivity index (χ1) is 13.0. The Balaban J connectivity index is 1.81. The van der Waals surface area contributed by atoms with E-state index in [1.54, 1.807) is 24.3 Å². The van der Waals surface area contributed by atoms with Gasteiger partial charge >= 0.3 is 5.97 Å². The first kappa shape index (κ1) is 21.5. The van der Waals surface area contributed by atoms with Gasteiger partial charge in [0.1, 0.15) is 5.75 Å². The number of halogens is 2. The second-order valence-electron chi connectivity index (χ2n) is 5.09. The zero-order valence-electron chi connectivity index (χ0n) is 14.3. The zero-order valence-corrected chi connectivity index (χ0v) is 18.0. The summed E-state index contributed by atoms with van der Waals surface area (Å²) in [4.78, 5) is 23.9. The van der Waals surface area contributed by atoms with E-state index < -0.39 is 5.97 Å². The van der Waals surface area contributed by atoms with Crippen molar-refractivity contribution in [3.05, 3.63) is 56.6 Å². The molecule has 6 nitrogen and oxygen atoms in total. The summed E-state index contributed by atoms with van der Waals surface area (Å²) in [6.07, 6.45) is 1.54. The van der Waals surface area contributed by atoms with Crippen LogP contribution in [-0.4, -0.2) is 37.6 Å². The molecule has 0 fully saturated rings. The van der Waals surface area contributed by atoms with E-state index in [-0.39, 0.29) is 18.3 Å². The van der Waals surface area contributed by atoms with E-state index in [9.17, 15) is 9.59 Å². The van der Waals surface area contributed by atoms with E-state index in [0.717, 1.165) is 14.0 Å². The number of amides is 1. The van der Waals surface area contributed by atoms with E-state index in [2.05, 4.69) is 37.9 Å². The van der Waals surface area contributed by atoms with Gasteiger partial charge in [0.15, 0.2) is 6.61 Å². The molecule has 27 heavy (non-hydrogen) atoms. The van der Waals surface area contributed by atoms with E-state index >= 15 is 0 Å². The van der Waals surface area contributed by atoms with Crippen LogP contribution >= 0.6 is 46.0 Å². The molecule has 1 N–H and O–H groups in total. The second kappa shape index (κ2) is 11.2. The minimum absolute atomic E-state index is 0.152. The molecule has 1 amide bonds. The number of nitrogens with zero attached hydrogens (tertiary/aromatic N) is 1. The number of rotatable bonds is 8. The summed E-state index contributed by atoms with van der Waals surface area (Å²) in [6, 6.07) is 12.6. The molecule has 0 saturated heterocycles. The van der Waals surface area contributed by atoms with Crippen molar-refractivity contribution in [1.82, 2.24) is 5.43 Å². The van der Waals surface area contributed by atoms with Crippen molar-refractivity contribution in [1.29, 1.82) is 0 Å². The number of ether oxygens (including phenoxy) is 2. The van der Waals surface area contributed by atoms with E-state index in [4.69, 9.17) is 16.3 Å². The molecule has 142 valence electrons. The van der Waals surface area contributed by atoms with Crippen LogP contribution in [-0.2, 0) is 14.3 Å². The number of hydrogen-bond donors (Lipinski definition) is 1. The number of carbonyl (C=O) groups excluding carboxylic acids is 2. The minimum atomic E-state index is -0.448. The summed E-state index contributed by atoms with van der Waals surface area (Å²) in [6.45, 7) is -0.152. The summed E-state index contributed by atoms with van der Waals surface area (Å²) in [5.74, 6) is 0.160. The Kier molecular flexibility index (Phi) is 8.89. The SMILES string of the molecule is COC(=O)COc1ccc(/C=N\NC(=O)CSc2ccc(Cl)cc2)cc1I. The fraction of sp³-hybridized carbons (Fsp3) is 0.167. The molecule has 0 aromatic heterocycles. The van der Waals surface area contributed by atoms with Gasteiger partial charge in [-0.2, -0.15) is 5.10 Å². The molecule has 2 rings (SSSR count). The third-order valence-electron chi connectivity index (χ3n) is 3.12. The third kappa shape index (κ3) is 7.77. The molecule has 0 aliphatic carbocycles. The fourth-order valence-electron chi connectivity index (χ4n) is 1.80. The van der Waals surface area contributed by atoms with Gasteiger partial charge in [0, 0.05) is 9.92 Å². The summed E-state index contributed by atoms with van der Waals surface area (Å²) in [5, 5.41) is 4.61. The van der Waals surface area contributed by atoms with Crippen LogP contribution in [0.15, 0.2) is 52.5 Å². The molecular weight excluding hydrogens is 503 g/mol. The first-order valence-corrected chi connectivity index (χ1v) is 10.1. The number of carbonyl (C=O) groups is 2. The highest BCUT2D eigenvalue weighted by molar-refractivity contribution is 14.1. The minimum Gasteiger partial charge on any atom is -0.481 e. The largest absolute Gasteiger partial charge is 0.481 e. The lowest BCUT2D eigenvalue weighted by Crippen LogP contribution is -2.19. The van der Waals surface area contributed by atoms with Crippen molar-refractivity contribution in [2.45, 2.75) is 4.90 Å². The molecule has 0 saturated carbocycles. The topological polar surface area (TPSA) is 77.0 Å². The van der Waals surface area contributed by atoms with E-state index in [1.165, 1.54) is 25.1 Å². The van der Waals surface area contributed by atoms with Crippen LogP contribution in [0.2, 0.25) is 5.02 Å². The van der Waals surface area contributed by atoms with Gasteiger partial charge in [-0.3, -0.25) is 4.79 Å². The Morgan fingerprint density at radius 3 is 2.67 bits per heavy atom. The third-order valence-corrected chi connectivity index (χ3v) is 5.22. The highest BCUT2D eigenvalue weighted by atomic mass is 127. The number of hydrazone groups is 1. The average molecular weight is 519 g/mol. The number of nitrogens with one attached hydrogen (secondary N) is 1. The lowest BCUT2D eigenvalue weighted by Gasteiger charge is -2.07. The van der Waals surface area contributed by atoms with Gasteiger partial charge in [0.2, 0.25) is 5.91 Å². The van der Waals surface area contributed by atoms with Crippen molar-refractivity contribution in [3.8, 4) is 5.75 Å². The summed E-state index contributed by atoms with van der Waals surface area (Å²) < 4.78 is 10.7. The molecule has 0 aliphatic heterocycles. The zero-order chi connectivity index (χ0) is 19.6. The maximum atomic E-state index is 11.8. The van der Waals surface area contributed by atoms with Gasteiger partial charge in [0.05, 0.1) is 22.6 Å². The highest BCUT2D eigenvalue weighted by Crippen LogP contribution is 2.22. The number of thioether (sulfide) groups is 1. The molecule has 0 bridgehead atoms. The average Bonchev–Trinajstić information content (AvgIpc) is 2.66. The Bertz CT molecular complexity index is 831. The van der Waals surface area contributed by atoms with Gasteiger partial charge in [-0.1, -0.05) is 11.6 Å². The van der Waals surface area contributed by atoms with Crippen LogP contribution in [0.5, 0.6) is 5.75 Å². The lowest BCUT2D eigenvalue weighted by molar-refractivity contribution is -0.142.